The van der Waals surface area contributed by atoms with Gasteiger partial charge in [-0.15, -0.1) is 0 Å². The molecule has 0 radical (unpaired) electrons. The molecule has 0 atom stereocenters. The summed E-state index contributed by atoms with van der Waals surface area (Å²) in [7, 11) is 0. The van der Waals surface area contributed by atoms with E-state index in [1.54, 1.807) is 4.57 Å². The molecule has 0 spiro atoms. The second-order valence-corrected chi connectivity index (χ2v) is 5.18. The first-order valence-electron chi connectivity index (χ1n) is 5.81. The van der Waals surface area contributed by atoms with Gasteiger partial charge in [0.15, 0.2) is 0 Å². The van der Waals surface area contributed by atoms with Crippen LogP contribution in [-0.4, -0.2) is 21.3 Å². The van der Waals surface area contributed by atoms with Gasteiger partial charge in [0.25, 0.3) is 0 Å². The fourth-order valence-electron chi connectivity index (χ4n) is 1.78. The van der Waals surface area contributed by atoms with Gasteiger partial charge >= 0.3 is 5.69 Å². The summed E-state index contributed by atoms with van der Waals surface area (Å²) in [6.45, 7) is 6.45. The Labute approximate surface area is 105 Å². The number of aromatic amines is 1. The van der Waals surface area contributed by atoms with Crippen molar-refractivity contribution < 1.29 is 4.74 Å². The van der Waals surface area contributed by atoms with Gasteiger partial charge < -0.3 is 15.5 Å². The molecule has 0 saturated carbocycles. The smallest absolute Gasteiger partial charge is 0.350 e. The molecule has 2 aromatic rings. The second-order valence-electron chi connectivity index (χ2n) is 5.18. The van der Waals surface area contributed by atoms with Gasteiger partial charge in [-0.25, -0.2) is 4.79 Å². The van der Waals surface area contributed by atoms with Crippen LogP contribution < -0.4 is 11.4 Å². The molecule has 2 heterocycles. The highest BCUT2D eigenvalue weighted by Crippen LogP contribution is 2.16. The first kappa shape index (κ1) is 12.8. The minimum atomic E-state index is -0.288. The lowest BCUT2D eigenvalue weighted by molar-refractivity contribution is 0.125. The zero-order chi connectivity index (χ0) is 13.3. The number of fused-ring (bicyclic) bond motifs is 1. The summed E-state index contributed by atoms with van der Waals surface area (Å²) in [4.78, 5) is 19.0. The van der Waals surface area contributed by atoms with E-state index in [0.29, 0.717) is 12.3 Å². The Morgan fingerprint density at radius 2 is 2.22 bits per heavy atom. The fraction of sp³-hybridized carbons (Fsp3) is 0.500. The second kappa shape index (κ2) is 4.55. The molecule has 6 nitrogen and oxygen atoms in total. The molecule has 0 amide bonds. The van der Waals surface area contributed by atoms with Crippen molar-refractivity contribution in [1.29, 1.82) is 0 Å². The summed E-state index contributed by atoms with van der Waals surface area (Å²) >= 11 is 0. The fourth-order valence-corrected chi connectivity index (χ4v) is 1.78. The van der Waals surface area contributed by atoms with Crippen molar-refractivity contribution in [2.75, 3.05) is 6.73 Å². The molecule has 6 heteroatoms. The largest absolute Gasteiger partial charge is 0.360 e. The molecule has 0 bridgehead atoms. The van der Waals surface area contributed by atoms with Crippen LogP contribution in [0, 0.1) is 0 Å². The highest BCUT2D eigenvalue weighted by molar-refractivity contribution is 5.75. The van der Waals surface area contributed by atoms with Crippen LogP contribution in [-0.2, 0) is 16.9 Å². The molecule has 3 N–H and O–H groups in total. The maximum atomic E-state index is 11.9. The molecule has 0 saturated heterocycles. The highest BCUT2D eigenvalue weighted by atomic mass is 16.5. The molecule has 0 aliphatic carbocycles. The van der Waals surface area contributed by atoms with Gasteiger partial charge in [0.05, 0.1) is 13.3 Å². The first-order valence-corrected chi connectivity index (χ1v) is 5.81. The van der Waals surface area contributed by atoms with Crippen LogP contribution in [0.25, 0.3) is 11.0 Å². The van der Waals surface area contributed by atoms with Crippen molar-refractivity contribution in [3.8, 4) is 0 Å². The molecule has 98 valence electrons. The van der Waals surface area contributed by atoms with Crippen molar-refractivity contribution in [2.45, 2.75) is 32.9 Å². The third-order valence-corrected chi connectivity index (χ3v) is 2.66. The normalized spacial score (nSPS) is 12.2. The molecular weight excluding hydrogens is 232 g/mol. The summed E-state index contributed by atoms with van der Waals surface area (Å²) in [5, 5.41) is 0.889. The minimum Gasteiger partial charge on any atom is -0.360 e. The molecular formula is C12H18N4O2. The Morgan fingerprint density at radius 1 is 1.50 bits per heavy atom. The Hall–Kier alpha value is -1.66. The number of nitrogens with one attached hydrogen (secondary N) is 1. The van der Waals surface area contributed by atoms with E-state index in [9.17, 15) is 4.79 Å². The zero-order valence-corrected chi connectivity index (χ0v) is 10.9. The van der Waals surface area contributed by atoms with Crippen molar-refractivity contribution in [1.82, 2.24) is 14.5 Å². The van der Waals surface area contributed by atoms with E-state index in [2.05, 4.69) is 9.97 Å². The van der Waals surface area contributed by atoms with Gasteiger partial charge in [0.1, 0.15) is 5.65 Å². The molecule has 0 aliphatic rings. The van der Waals surface area contributed by atoms with Crippen molar-refractivity contribution >= 4 is 11.0 Å². The number of H-pyrrole nitrogens is 1. The number of aromatic nitrogens is 3. The van der Waals surface area contributed by atoms with Gasteiger partial charge in [0.2, 0.25) is 0 Å². The molecule has 0 aromatic carbocycles. The lowest BCUT2D eigenvalue weighted by Gasteiger charge is -2.21. The Kier molecular flexibility index (Phi) is 3.23. The standard InChI is InChI=1S/C12H18N4O2/c1-12(2,3)16-5-8-4-9(6-18-7-13)14-10(8)15-11(16)17/h4-5H,6-7,13H2,1-3H3,(H,14,15,17). The van der Waals surface area contributed by atoms with Crippen LogP contribution in [0.2, 0.25) is 0 Å². The summed E-state index contributed by atoms with van der Waals surface area (Å²) in [5.41, 5.74) is 6.16. The highest BCUT2D eigenvalue weighted by Gasteiger charge is 2.16. The predicted molar refractivity (Wildman–Crippen MR) is 69.2 cm³/mol. The van der Waals surface area contributed by atoms with E-state index < -0.39 is 0 Å². The zero-order valence-electron chi connectivity index (χ0n) is 10.9. The Balaban J connectivity index is 2.48. The summed E-state index contributed by atoms with van der Waals surface area (Å²) in [5.74, 6) is 0. The Morgan fingerprint density at radius 3 is 2.83 bits per heavy atom. The topological polar surface area (TPSA) is 85.9 Å². The van der Waals surface area contributed by atoms with Gasteiger partial charge in [-0.3, -0.25) is 4.57 Å². The number of nitrogens with two attached hydrogens (primary N) is 1. The summed E-state index contributed by atoms with van der Waals surface area (Å²) < 4.78 is 6.73. The van der Waals surface area contributed by atoms with Crippen LogP contribution in [0.5, 0.6) is 0 Å². The van der Waals surface area contributed by atoms with Crippen molar-refractivity contribution in [3.05, 3.63) is 28.4 Å². The van der Waals surface area contributed by atoms with E-state index in [1.165, 1.54) is 0 Å². The van der Waals surface area contributed by atoms with Crippen LogP contribution in [0.1, 0.15) is 26.5 Å². The maximum absolute atomic E-state index is 11.9. The van der Waals surface area contributed by atoms with Crippen molar-refractivity contribution in [2.24, 2.45) is 5.73 Å². The van der Waals surface area contributed by atoms with Gasteiger partial charge in [0, 0.05) is 22.8 Å². The van der Waals surface area contributed by atoms with E-state index in [0.717, 1.165) is 11.1 Å². The molecule has 0 aliphatic heterocycles. The lowest BCUT2D eigenvalue weighted by Crippen LogP contribution is -2.34. The first-order chi connectivity index (χ1) is 8.41. The van der Waals surface area contributed by atoms with Crippen LogP contribution in [0.3, 0.4) is 0 Å². The maximum Gasteiger partial charge on any atom is 0.350 e. The monoisotopic (exact) mass is 250 g/mol. The van der Waals surface area contributed by atoms with Crippen LogP contribution >= 0.6 is 0 Å². The SMILES string of the molecule is CC(C)(C)n1cc2cc(COCN)[nH]c2nc1=O. The number of ether oxygens (including phenoxy) is 1. The average molecular weight is 250 g/mol. The third kappa shape index (κ3) is 2.44. The Bertz CT molecular complexity index is 607. The lowest BCUT2D eigenvalue weighted by atomic mass is 10.1. The van der Waals surface area contributed by atoms with E-state index in [4.69, 9.17) is 10.5 Å². The average Bonchev–Trinajstić information content (AvgIpc) is 2.65. The molecule has 0 unspecified atom stereocenters. The van der Waals surface area contributed by atoms with Gasteiger partial charge in [-0.05, 0) is 26.8 Å². The number of hydrogen-bond acceptors (Lipinski definition) is 4. The summed E-state index contributed by atoms with van der Waals surface area (Å²) in [6, 6.07) is 1.92. The quantitative estimate of drug-likeness (QED) is 0.793. The van der Waals surface area contributed by atoms with E-state index in [1.807, 2.05) is 33.0 Å². The molecule has 2 aromatic heterocycles. The molecule has 2 rings (SSSR count). The minimum absolute atomic E-state index is 0.164. The number of hydrogen-bond donors (Lipinski definition) is 2. The molecule has 18 heavy (non-hydrogen) atoms. The summed E-state index contributed by atoms with van der Waals surface area (Å²) in [6.07, 6.45) is 1.81. The van der Waals surface area contributed by atoms with Crippen molar-refractivity contribution in [3.63, 3.8) is 0 Å². The molecule has 0 fully saturated rings. The predicted octanol–water partition coefficient (Wildman–Crippen LogP) is 0.912. The number of rotatable bonds is 3. The van der Waals surface area contributed by atoms with Gasteiger partial charge in [-0.2, -0.15) is 4.98 Å². The number of nitrogens with zero attached hydrogens (tertiary/aromatic N) is 2. The van der Waals surface area contributed by atoms with E-state index in [-0.39, 0.29) is 18.0 Å². The van der Waals surface area contributed by atoms with E-state index >= 15 is 0 Å². The van der Waals surface area contributed by atoms with Crippen LogP contribution in [0.4, 0.5) is 0 Å². The third-order valence-electron chi connectivity index (χ3n) is 2.66. The van der Waals surface area contributed by atoms with Crippen LogP contribution in [0.15, 0.2) is 17.1 Å². The van der Waals surface area contributed by atoms with Gasteiger partial charge in [-0.1, -0.05) is 0 Å².